The average Bonchev–Trinajstić information content (AvgIpc) is 3.41. The summed E-state index contributed by atoms with van der Waals surface area (Å²) >= 11 is 3.56. The maximum absolute atomic E-state index is 12.0. The number of carbonyl (C=O) groups is 1. The maximum atomic E-state index is 12.0. The lowest BCUT2D eigenvalue weighted by Gasteiger charge is -2.11. The number of pyridine rings is 1. The lowest BCUT2D eigenvalue weighted by Crippen LogP contribution is -2.24. The van der Waals surface area contributed by atoms with Crippen molar-refractivity contribution in [2.24, 2.45) is 5.10 Å². The van der Waals surface area contributed by atoms with E-state index in [1.165, 1.54) is 18.3 Å². The van der Waals surface area contributed by atoms with E-state index in [4.69, 9.17) is 14.1 Å². The van der Waals surface area contributed by atoms with E-state index in [9.17, 15) is 14.9 Å². The summed E-state index contributed by atoms with van der Waals surface area (Å²) in [4.78, 5) is 26.9. The van der Waals surface area contributed by atoms with Crippen molar-refractivity contribution in [3.8, 4) is 28.1 Å². The molecule has 10 heteroatoms. The molecule has 0 aliphatic rings. The van der Waals surface area contributed by atoms with Gasteiger partial charge in [0.25, 0.3) is 5.91 Å². The molecule has 0 aliphatic heterocycles. The Hall–Kier alpha value is -4.83. The summed E-state index contributed by atoms with van der Waals surface area (Å²) in [5.74, 6) is -0.268. The molecule has 3 aromatic carbocycles. The van der Waals surface area contributed by atoms with E-state index in [2.05, 4.69) is 50.7 Å². The third-order valence-electron chi connectivity index (χ3n) is 5.55. The van der Waals surface area contributed by atoms with Crippen LogP contribution in [0, 0.1) is 10.1 Å². The van der Waals surface area contributed by atoms with Gasteiger partial charge in [0.1, 0.15) is 10.7 Å². The summed E-state index contributed by atoms with van der Waals surface area (Å²) in [6.45, 7) is -0.268. The minimum absolute atomic E-state index is 0.138. The first-order valence-electron chi connectivity index (χ1n) is 11.4. The summed E-state index contributed by atoms with van der Waals surface area (Å²) in [7, 11) is 0. The highest BCUT2D eigenvalue weighted by molar-refractivity contribution is 9.10. The van der Waals surface area contributed by atoms with Gasteiger partial charge in [-0.1, -0.05) is 46.3 Å². The quantitative estimate of drug-likeness (QED) is 0.132. The standard InChI is InChI=1S/C28H19BrN4O5/c29-20-8-12-25-24(14-20)23(18-4-2-1-3-5-18)15-26(31-25)19-6-9-21(10-7-19)37-17-27(34)32-30-16-22-11-13-28(38-22)33(35)36/h1-16H,17H2,(H,32,34)/b30-16-. The predicted octanol–water partition coefficient (Wildman–Crippen LogP) is 6.36. The first kappa shape index (κ1) is 24.8. The lowest BCUT2D eigenvalue weighted by molar-refractivity contribution is -0.402. The van der Waals surface area contributed by atoms with Gasteiger partial charge in [-0.25, -0.2) is 10.4 Å². The Morgan fingerprint density at radius 2 is 1.82 bits per heavy atom. The normalized spacial score (nSPS) is 11.1. The molecule has 1 amide bonds. The van der Waals surface area contributed by atoms with E-state index in [-0.39, 0.29) is 12.4 Å². The molecule has 38 heavy (non-hydrogen) atoms. The zero-order chi connectivity index (χ0) is 26.5. The Morgan fingerprint density at radius 1 is 1.03 bits per heavy atom. The summed E-state index contributed by atoms with van der Waals surface area (Å²) in [6, 6.07) is 28.1. The molecule has 5 rings (SSSR count). The van der Waals surface area contributed by atoms with Crippen molar-refractivity contribution in [1.82, 2.24) is 10.4 Å². The van der Waals surface area contributed by atoms with Crippen molar-refractivity contribution in [2.75, 3.05) is 6.61 Å². The van der Waals surface area contributed by atoms with E-state index in [1.54, 1.807) is 12.1 Å². The fraction of sp³-hybridized carbons (Fsp3) is 0.0357. The number of nitrogens with zero attached hydrogens (tertiary/aromatic N) is 3. The summed E-state index contributed by atoms with van der Waals surface area (Å²) in [5, 5.41) is 15.4. The molecule has 5 aromatic rings. The van der Waals surface area contributed by atoms with Crippen molar-refractivity contribution in [1.29, 1.82) is 0 Å². The van der Waals surface area contributed by atoms with Gasteiger partial charge in [0.05, 0.1) is 23.5 Å². The highest BCUT2D eigenvalue weighted by atomic mass is 79.9. The second-order valence-electron chi connectivity index (χ2n) is 8.12. The predicted molar refractivity (Wildman–Crippen MR) is 147 cm³/mol. The molecule has 2 heterocycles. The van der Waals surface area contributed by atoms with Gasteiger partial charge in [-0.05, 0) is 65.7 Å². The minimum atomic E-state index is -0.660. The van der Waals surface area contributed by atoms with Gasteiger partial charge < -0.3 is 9.15 Å². The van der Waals surface area contributed by atoms with E-state index in [0.29, 0.717) is 5.75 Å². The van der Waals surface area contributed by atoms with Crippen LogP contribution >= 0.6 is 15.9 Å². The van der Waals surface area contributed by atoms with Crippen molar-refractivity contribution in [3.63, 3.8) is 0 Å². The van der Waals surface area contributed by atoms with E-state index in [0.717, 1.165) is 37.8 Å². The average molecular weight is 571 g/mol. The number of carbonyl (C=O) groups excluding carboxylic acids is 1. The van der Waals surface area contributed by atoms with Gasteiger partial charge in [-0.2, -0.15) is 5.10 Å². The van der Waals surface area contributed by atoms with Crippen molar-refractivity contribution in [2.45, 2.75) is 0 Å². The molecule has 0 unspecified atom stereocenters. The number of furan rings is 1. The monoisotopic (exact) mass is 570 g/mol. The molecule has 9 nitrogen and oxygen atoms in total. The molecule has 0 saturated heterocycles. The van der Waals surface area contributed by atoms with Crippen LogP contribution in [0.5, 0.6) is 5.75 Å². The number of nitrogens with one attached hydrogen (secondary N) is 1. The molecular formula is C28H19BrN4O5. The fourth-order valence-electron chi connectivity index (χ4n) is 3.78. The van der Waals surface area contributed by atoms with Crippen molar-refractivity contribution < 1.29 is 18.9 Å². The van der Waals surface area contributed by atoms with Crippen molar-refractivity contribution >= 4 is 44.8 Å². The summed E-state index contributed by atoms with van der Waals surface area (Å²) in [5.41, 5.74) is 7.05. The number of amides is 1. The number of rotatable bonds is 8. The second kappa shape index (κ2) is 11.1. The van der Waals surface area contributed by atoms with Gasteiger partial charge in [-0.15, -0.1) is 0 Å². The first-order valence-corrected chi connectivity index (χ1v) is 12.2. The van der Waals surface area contributed by atoms with E-state index >= 15 is 0 Å². The van der Waals surface area contributed by atoms with Gasteiger partial charge in [-0.3, -0.25) is 14.9 Å². The first-order chi connectivity index (χ1) is 18.5. The Morgan fingerprint density at radius 3 is 2.55 bits per heavy atom. The van der Waals surface area contributed by atoms with Gasteiger partial charge in [0.15, 0.2) is 12.4 Å². The third-order valence-corrected chi connectivity index (χ3v) is 6.04. The SMILES string of the molecule is O=C(COc1ccc(-c2cc(-c3ccccc3)c3cc(Br)ccc3n2)cc1)N/N=C\c1ccc([N+](=O)[O-])o1. The lowest BCUT2D eigenvalue weighted by atomic mass is 9.98. The molecule has 0 radical (unpaired) electrons. The van der Waals surface area contributed by atoms with Crippen LogP contribution in [-0.4, -0.2) is 28.6 Å². The third kappa shape index (κ3) is 5.76. The zero-order valence-corrected chi connectivity index (χ0v) is 21.3. The largest absolute Gasteiger partial charge is 0.484 e. The number of hydrogen-bond donors (Lipinski definition) is 1. The number of nitro groups is 1. The minimum Gasteiger partial charge on any atom is -0.484 e. The molecule has 1 N–H and O–H groups in total. The number of fused-ring (bicyclic) bond motifs is 1. The molecule has 0 bridgehead atoms. The van der Waals surface area contributed by atoms with Crippen molar-refractivity contribution in [3.05, 3.63) is 111 Å². The molecule has 0 fully saturated rings. The van der Waals surface area contributed by atoms with Crippen LogP contribution in [0.25, 0.3) is 33.3 Å². The fourth-order valence-corrected chi connectivity index (χ4v) is 4.14. The molecule has 0 spiro atoms. The van der Waals surface area contributed by atoms with Crippen LogP contribution in [0.2, 0.25) is 0 Å². The molecule has 188 valence electrons. The van der Waals surface area contributed by atoms with Crippen LogP contribution < -0.4 is 10.2 Å². The molecule has 0 aliphatic carbocycles. The summed E-state index contributed by atoms with van der Waals surface area (Å²) < 4.78 is 11.5. The summed E-state index contributed by atoms with van der Waals surface area (Å²) in [6.07, 6.45) is 1.17. The van der Waals surface area contributed by atoms with E-state index in [1.807, 2.05) is 42.5 Å². The number of halogens is 1. The van der Waals surface area contributed by atoms with Crippen LogP contribution in [0.4, 0.5) is 5.88 Å². The molecular weight excluding hydrogens is 552 g/mol. The van der Waals surface area contributed by atoms with Gasteiger partial charge in [0.2, 0.25) is 0 Å². The van der Waals surface area contributed by atoms with Gasteiger partial charge >= 0.3 is 5.88 Å². The van der Waals surface area contributed by atoms with E-state index < -0.39 is 16.7 Å². The molecule has 0 atom stereocenters. The van der Waals surface area contributed by atoms with Crippen LogP contribution in [-0.2, 0) is 4.79 Å². The molecule has 2 aromatic heterocycles. The number of ether oxygens (including phenoxy) is 1. The number of hydrazone groups is 1. The van der Waals surface area contributed by atoms with Crippen LogP contribution in [0.1, 0.15) is 5.76 Å². The topological polar surface area (TPSA) is 120 Å². The van der Waals surface area contributed by atoms with Gasteiger partial charge in [0, 0.05) is 15.4 Å². The Balaban J connectivity index is 1.27. The Labute approximate surface area is 225 Å². The second-order valence-corrected chi connectivity index (χ2v) is 9.04. The number of aromatic nitrogens is 1. The highest BCUT2D eigenvalue weighted by Gasteiger charge is 2.12. The maximum Gasteiger partial charge on any atom is 0.433 e. The number of hydrogen-bond acceptors (Lipinski definition) is 7. The number of benzene rings is 3. The highest BCUT2D eigenvalue weighted by Crippen LogP contribution is 2.34. The Bertz CT molecular complexity index is 1650. The zero-order valence-electron chi connectivity index (χ0n) is 19.7. The van der Waals surface area contributed by atoms with Crippen LogP contribution in [0.3, 0.4) is 0 Å². The Kier molecular flexibility index (Phi) is 7.23. The van der Waals surface area contributed by atoms with Crippen LogP contribution in [0.15, 0.2) is 105 Å². The molecule has 0 saturated carbocycles. The smallest absolute Gasteiger partial charge is 0.433 e.